The normalized spacial score (nSPS) is 14.2. The maximum absolute atomic E-state index is 12.6. The second kappa shape index (κ2) is 10.3. The number of rotatable bonds is 7. The molecule has 1 N–H and O–H groups in total. The molecule has 146 valence electrons. The predicted molar refractivity (Wildman–Crippen MR) is 116 cm³/mol. The molecule has 0 saturated carbocycles. The molecular formula is C21H22N2O3S2. The number of aliphatic imine (C=N–C) groups is 1. The molecule has 0 fully saturated rings. The van der Waals surface area contributed by atoms with E-state index in [1.54, 1.807) is 42.6 Å². The highest BCUT2D eigenvalue weighted by atomic mass is 32.2. The molecule has 1 aliphatic heterocycles. The minimum Gasteiger partial charge on any atom is -0.449 e. The van der Waals surface area contributed by atoms with Crippen molar-refractivity contribution in [2.75, 3.05) is 12.3 Å². The van der Waals surface area contributed by atoms with E-state index in [-0.39, 0.29) is 5.91 Å². The maximum atomic E-state index is 12.6. The van der Waals surface area contributed by atoms with Crippen LogP contribution >= 0.6 is 23.5 Å². The third-order valence-electron chi connectivity index (χ3n) is 4.11. The number of carbonyl (C=O) groups is 2. The van der Waals surface area contributed by atoms with E-state index in [4.69, 9.17) is 4.74 Å². The largest absolute Gasteiger partial charge is 0.449 e. The SMILES string of the molecule is C[C@H](OC(=O)c1ccccc1CSC1=NCCS1)C(=O)NCc1ccccc1. The first-order chi connectivity index (χ1) is 13.6. The summed E-state index contributed by atoms with van der Waals surface area (Å²) in [5, 5.41) is 2.79. The minimum atomic E-state index is -0.869. The van der Waals surface area contributed by atoms with Gasteiger partial charge in [-0.3, -0.25) is 9.79 Å². The lowest BCUT2D eigenvalue weighted by Crippen LogP contribution is -2.35. The maximum Gasteiger partial charge on any atom is 0.339 e. The molecule has 7 heteroatoms. The molecule has 0 unspecified atom stereocenters. The van der Waals surface area contributed by atoms with Gasteiger partial charge in [0, 0.05) is 18.1 Å². The molecule has 0 spiro atoms. The molecule has 0 aliphatic carbocycles. The van der Waals surface area contributed by atoms with Crippen LogP contribution in [0.25, 0.3) is 0 Å². The summed E-state index contributed by atoms with van der Waals surface area (Å²) in [6.45, 7) is 2.83. The second-order valence-corrected chi connectivity index (χ2v) is 8.50. The number of carbonyl (C=O) groups excluding carboxylic acids is 2. The van der Waals surface area contributed by atoms with Crippen molar-refractivity contribution in [3.05, 3.63) is 71.3 Å². The molecule has 0 bridgehead atoms. The lowest BCUT2D eigenvalue weighted by molar-refractivity contribution is -0.129. The molecule has 2 aromatic rings. The highest BCUT2D eigenvalue weighted by molar-refractivity contribution is 8.38. The Morgan fingerprint density at radius 2 is 1.93 bits per heavy atom. The Bertz CT molecular complexity index is 856. The number of ether oxygens (including phenoxy) is 1. The summed E-state index contributed by atoms with van der Waals surface area (Å²) in [6, 6.07) is 16.9. The van der Waals surface area contributed by atoms with Gasteiger partial charge in [-0.15, -0.1) is 0 Å². The van der Waals surface area contributed by atoms with E-state index in [1.807, 2.05) is 42.5 Å². The first-order valence-electron chi connectivity index (χ1n) is 9.04. The van der Waals surface area contributed by atoms with E-state index in [1.165, 1.54) is 0 Å². The molecule has 1 heterocycles. The molecule has 1 amide bonds. The van der Waals surface area contributed by atoms with Gasteiger partial charge < -0.3 is 10.1 Å². The van der Waals surface area contributed by atoms with Crippen molar-refractivity contribution in [1.82, 2.24) is 5.32 Å². The molecule has 0 saturated heterocycles. The van der Waals surface area contributed by atoms with Crippen LogP contribution in [0.1, 0.15) is 28.4 Å². The number of amides is 1. The highest BCUT2D eigenvalue weighted by Crippen LogP contribution is 2.26. The average molecular weight is 415 g/mol. The summed E-state index contributed by atoms with van der Waals surface area (Å²) in [6.07, 6.45) is -0.869. The monoisotopic (exact) mass is 414 g/mol. The van der Waals surface area contributed by atoms with Crippen LogP contribution in [0.5, 0.6) is 0 Å². The smallest absolute Gasteiger partial charge is 0.339 e. The van der Waals surface area contributed by atoms with E-state index in [0.29, 0.717) is 17.9 Å². The number of benzene rings is 2. The summed E-state index contributed by atoms with van der Waals surface area (Å²) in [5.74, 6) is 0.855. The Hall–Kier alpha value is -2.25. The Morgan fingerprint density at radius 3 is 2.68 bits per heavy atom. The molecule has 1 aliphatic rings. The van der Waals surface area contributed by atoms with Crippen molar-refractivity contribution >= 4 is 39.8 Å². The van der Waals surface area contributed by atoms with Crippen molar-refractivity contribution in [2.45, 2.75) is 25.3 Å². The van der Waals surface area contributed by atoms with Crippen LogP contribution in [0, 0.1) is 0 Å². The summed E-state index contributed by atoms with van der Waals surface area (Å²) in [4.78, 5) is 29.3. The molecule has 0 aromatic heterocycles. The van der Waals surface area contributed by atoms with Gasteiger partial charge in [-0.25, -0.2) is 4.79 Å². The van der Waals surface area contributed by atoms with Gasteiger partial charge >= 0.3 is 5.97 Å². The van der Waals surface area contributed by atoms with Gasteiger partial charge in [0.1, 0.15) is 4.38 Å². The molecule has 3 rings (SSSR count). The molecule has 1 atom stereocenters. The first-order valence-corrected chi connectivity index (χ1v) is 11.0. The van der Waals surface area contributed by atoms with E-state index >= 15 is 0 Å². The lowest BCUT2D eigenvalue weighted by Gasteiger charge is -2.15. The zero-order chi connectivity index (χ0) is 19.8. The van der Waals surface area contributed by atoms with Crippen molar-refractivity contribution < 1.29 is 14.3 Å². The predicted octanol–water partition coefficient (Wildman–Crippen LogP) is 3.88. The quantitative estimate of drug-likeness (QED) is 0.697. The van der Waals surface area contributed by atoms with Gasteiger partial charge in [-0.2, -0.15) is 0 Å². The van der Waals surface area contributed by atoms with Gasteiger partial charge in [0.25, 0.3) is 5.91 Å². The Balaban J connectivity index is 1.55. The molecule has 5 nitrogen and oxygen atoms in total. The van der Waals surface area contributed by atoms with Crippen LogP contribution in [-0.2, 0) is 21.8 Å². The van der Waals surface area contributed by atoms with Crippen LogP contribution in [0.2, 0.25) is 0 Å². The van der Waals surface area contributed by atoms with Gasteiger partial charge in [-0.1, -0.05) is 72.1 Å². The zero-order valence-electron chi connectivity index (χ0n) is 15.6. The van der Waals surface area contributed by atoms with E-state index in [2.05, 4.69) is 10.3 Å². The molecule has 2 aromatic carbocycles. The first kappa shape index (κ1) is 20.5. The Kier molecular flexibility index (Phi) is 7.56. The van der Waals surface area contributed by atoms with Crippen LogP contribution in [0.3, 0.4) is 0 Å². The van der Waals surface area contributed by atoms with Crippen LogP contribution < -0.4 is 5.32 Å². The average Bonchev–Trinajstić information content (AvgIpc) is 3.25. The highest BCUT2D eigenvalue weighted by Gasteiger charge is 2.21. The molecule has 0 radical (unpaired) electrons. The lowest BCUT2D eigenvalue weighted by atomic mass is 10.1. The Labute approximate surface area is 173 Å². The van der Waals surface area contributed by atoms with Crippen molar-refractivity contribution in [1.29, 1.82) is 0 Å². The van der Waals surface area contributed by atoms with E-state index in [0.717, 1.165) is 27.8 Å². The van der Waals surface area contributed by atoms with Gasteiger partial charge in [0.15, 0.2) is 6.10 Å². The number of hydrogen-bond donors (Lipinski definition) is 1. The number of thioether (sulfide) groups is 2. The topological polar surface area (TPSA) is 67.8 Å². The fourth-order valence-corrected chi connectivity index (χ4v) is 4.61. The van der Waals surface area contributed by atoms with E-state index in [9.17, 15) is 9.59 Å². The molecular weight excluding hydrogens is 392 g/mol. The number of nitrogens with one attached hydrogen (secondary N) is 1. The van der Waals surface area contributed by atoms with Crippen molar-refractivity contribution in [2.24, 2.45) is 4.99 Å². The Morgan fingerprint density at radius 1 is 1.18 bits per heavy atom. The van der Waals surface area contributed by atoms with Gasteiger partial charge in [0.05, 0.1) is 12.1 Å². The van der Waals surface area contributed by atoms with Gasteiger partial charge in [-0.05, 0) is 24.1 Å². The van der Waals surface area contributed by atoms with Crippen LogP contribution in [0.4, 0.5) is 0 Å². The van der Waals surface area contributed by atoms with Gasteiger partial charge in [0.2, 0.25) is 0 Å². The number of hydrogen-bond acceptors (Lipinski definition) is 6. The summed E-state index contributed by atoms with van der Waals surface area (Å²) >= 11 is 3.36. The fraction of sp³-hybridized carbons (Fsp3) is 0.286. The summed E-state index contributed by atoms with van der Waals surface area (Å²) in [5.41, 5.74) is 2.36. The van der Waals surface area contributed by atoms with Crippen molar-refractivity contribution in [3.8, 4) is 0 Å². The zero-order valence-corrected chi connectivity index (χ0v) is 17.2. The second-order valence-electron chi connectivity index (χ2n) is 6.19. The molecule has 28 heavy (non-hydrogen) atoms. The fourth-order valence-electron chi connectivity index (χ4n) is 2.59. The number of esters is 1. The third-order valence-corrected chi connectivity index (χ3v) is 6.41. The minimum absolute atomic E-state index is 0.319. The third kappa shape index (κ3) is 5.87. The summed E-state index contributed by atoms with van der Waals surface area (Å²) < 4.78 is 6.46. The van der Waals surface area contributed by atoms with Crippen LogP contribution in [0.15, 0.2) is 59.6 Å². The number of nitrogens with zero attached hydrogens (tertiary/aromatic N) is 1. The standard InChI is InChI=1S/C21H22N2O3S2/c1-15(19(24)23-13-16-7-3-2-4-8-16)26-20(25)18-10-6-5-9-17(18)14-28-21-22-11-12-27-21/h2-10,15H,11-14H2,1H3,(H,23,24)/t15-/m0/s1. The van der Waals surface area contributed by atoms with Crippen LogP contribution in [-0.4, -0.2) is 34.7 Å². The van der Waals surface area contributed by atoms with Crippen molar-refractivity contribution in [3.63, 3.8) is 0 Å². The summed E-state index contributed by atoms with van der Waals surface area (Å²) in [7, 11) is 0. The van der Waals surface area contributed by atoms with E-state index < -0.39 is 12.1 Å².